The molecular weight excluding hydrogens is 211 g/mol. The van der Waals surface area contributed by atoms with Gasteiger partial charge in [0.1, 0.15) is 6.61 Å². The molecule has 0 aromatic rings. The standard InChI is InChI=1S/C9H14F3NO2/c10-9(11,12)6-15-5-4-13-8(14)7-2-1-3-7/h7H,1-6H2,(H,13,14). The van der Waals surface area contributed by atoms with E-state index in [1.165, 1.54) is 0 Å². The number of hydrogen-bond acceptors (Lipinski definition) is 2. The van der Waals surface area contributed by atoms with Crippen molar-refractivity contribution < 1.29 is 22.7 Å². The number of nitrogens with one attached hydrogen (secondary N) is 1. The van der Waals surface area contributed by atoms with Gasteiger partial charge in [-0.3, -0.25) is 4.79 Å². The van der Waals surface area contributed by atoms with Gasteiger partial charge in [-0.25, -0.2) is 0 Å². The van der Waals surface area contributed by atoms with Gasteiger partial charge in [0.15, 0.2) is 0 Å². The van der Waals surface area contributed by atoms with Gasteiger partial charge >= 0.3 is 6.18 Å². The van der Waals surface area contributed by atoms with E-state index in [9.17, 15) is 18.0 Å². The highest BCUT2D eigenvalue weighted by Crippen LogP contribution is 2.25. The van der Waals surface area contributed by atoms with Crippen LogP contribution in [0.5, 0.6) is 0 Å². The summed E-state index contributed by atoms with van der Waals surface area (Å²) in [6.45, 7) is -1.21. The van der Waals surface area contributed by atoms with Gasteiger partial charge in [-0.15, -0.1) is 0 Å². The smallest absolute Gasteiger partial charge is 0.370 e. The SMILES string of the molecule is O=C(NCCOCC(F)(F)F)C1CCC1. The second-order valence-corrected chi connectivity index (χ2v) is 3.59. The Hall–Kier alpha value is -0.780. The number of rotatable bonds is 5. The van der Waals surface area contributed by atoms with Crippen LogP contribution in [0.3, 0.4) is 0 Å². The van der Waals surface area contributed by atoms with Crippen LogP contribution in [0.15, 0.2) is 0 Å². The van der Waals surface area contributed by atoms with Crippen LogP contribution in [0.25, 0.3) is 0 Å². The van der Waals surface area contributed by atoms with Crippen LogP contribution in [0, 0.1) is 5.92 Å². The summed E-state index contributed by atoms with van der Waals surface area (Å²) in [7, 11) is 0. The van der Waals surface area contributed by atoms with Crippen molar-refractivity contribution in [1.82, 2.24) is 5.32 Å². The van der Waals surface area contributed by atoms with E-state index < -0.39 is 12.8 Å². The lowest BCUT2D eigenvalue weighted by Crippen LogP contribution is -2.36. The van der Waals surface area contributed by atoms with Crippen molar-refractivity contribution >= 4 is 5.91 Å². The van der Waals surface area contributed by atoms with E-state index in [1.807, 2.05) is 0 Å². The van der Waals surface area contributed by atoms with Crippen LogP contribution in [0.2, 0.25) is 0 Å². The fourth-order valence-electron chi connectivity index (χ4n) is 1.25. The average molecular weight is 225 g/mol. The highest BCUT2D eigenvalue weighted by Gasteiger charge is 2.27. The Labute approximate surface area is 86.0 Å². The predicted molar refractivity (Wildman–Crippen MR) is 47.2 cm³/mol. The Morgan fingerprint density at radius 1 is 1.40 bits per heavy atom. The number of amides is 1. The van der Waals surface area contributed by atoms with Crippen molar-refractivity contribution in [2.45, 2.75) is 25.4 Å². The minimum atomic E-state index is -4.29. The molecule has 0 unspecified atom stereocenters. The monoisotopic (exact) mass is 225 g/mol. The minimum absolute atomic E-state index is 0.0626. The maximum atomic E-state index is 11.6. The zero-order chi connectivity index (χ0) is 11.3. The molecule has 1 rings (SSSR count). The first-order chi connectivity index (χ1) is 6.99. The number of alkyl halides is 3. The maximum Gasteiger partial charge on any atom is 0.411 e. The lowest BCUT2D eigenvalue weighted by Gasteiger charge is -2.23. The van der Waals surface area contributed by atoms with E-state index in [2.05, 4.69) is 10.1 Å². The van der Waals surface area contributed by atoms with Crippen LogP contribution in [0.4, 0.5) is 13.2 Å². The van der Waals surface area contributed by atoms with E-state index >= 15 is 0 Å². The molecule has 88 valence electrons. The summed E-state index contributed by atoms with van der Waals surface area (Å²) in [6.07, 6.45) is -1.47. The summed E-state index contributed by atoms with van der Waals surface area (Å²) in [4.78, 5) is 11.2. The number of carbonyl (C=O) groups excluding carboxylic acids is 1. The molecule has 0 aromatic heterocycles. The van der Waals surface area contributed by atoms with Gasteiger partial charge in [-0.1, -0.05) is 6.42 Å². The highest BCUT2D eigenvalue weighted by atomic mass is 19.4. The summed E-state index contributed by atoms with van der Waals surface area (Å²) >= 11 is 0. The van der Waals surface area contributed by atoms with Crippen molar-refractivity contribution in [3.63, 3.8) is 0 Å². The molecular formula is C9H14F3NO2. The molecule has 1 amide bonds. The van der Waals surface area contributed by atoms with Crippen LogP contribution < -0.4 is 5.32 Å². The molecule has 3 nitrogen and oxygen atoms in total. The fraction of sp³-hybridized carbons (Fsp3) is 0.889. The third-order valence-corrected chi connectivity index (χ3v) is 2.29. The second kappa shape index (κ2) is 5.34. The topological polar surface area (TPSA) is 38.3 Å². The number of ether oxygens (including phenoxy) is 1. The fourth-order valence-corrected chi connectivity index (χ4v) is 1.25. The normalized spacial score (nSPS) is 17.3. The molecule has 0 bridgehead atoms. The number of carbonyl (C=O) groups is 1. The summed E-state index contributed by atoms with van der Waals surface area (Å²) < 4.78 is 39.2. The zero-order valence-electron chi connectivity index (χ0n) is 8.27. The zero-order valence-corrected chi connectivity index (χ0v) is 8.27. The summed E-state index contributed by atoms with van der Waals surface area (Å²) in [6, 6.07) is 0. The molecule has 1 N–H and O–H groups in total. The molecule has 0 spiro atoms. The molecule has 1 aliphatic rings. The Kier molecular flexibility index (Phi) is 4.38. The molecule has 1 fully saturated rings. The molecule has 0 saturated heterocycles. The van der Waals surface area contributed by atoms with Gasteiger partial charge in [0.2, 0.25) is 5.91 Å². The molecule has 0 radical (unpaired) electrons. The van der Waals surface area contributed by atoms with Crippen LogP contribution in [-0.4, -0.2) is 31.8 Å². The first-order valence-electron chi connectivity index (χ1n) is 4.91. The van der Waals surface area contributed by atoms with Gasteiger partial charge in [0.25, 0.3) is 0 Å². The Balaban J connectivity index is 1.94. The van der Waals surface area contributed by atoms with Crippen molar-refractivity contribution in [2.24, 2.45) is 5.92 Å². The largest absolute Gasteiger partial charge is 0.411 e. The number of hydrogen-bond donors (Lipinski definition) is 1. The summed E-state index contributed by atoms with van der Waals surface area (Å²) in [5, 5.41) is 2.54. The molecule has 1 aliphatic carbocycles. The van der Waals surface area contributed by atoms with Gasteiger partial charge in [-0.05, 0) is 12.8 Å². The lowest BCUT2D eigenvalue weighted by atomic mass is 9.85. The molecule has 0 atom stereocenters. The average Bonchev–Trinajstić information content (AvgIpc) is 1.97. The van der Waals surface area contributed by atoms with Gasteiger partial charge in [-0.2, -0.15) is 13.2 Å². The van der Waals surface area contributed by atoms with Crippen molar-refractivity contribution in [3.8, 4) is 0 Å². The predicted octanol–water partition coefficient (Wildman–Crippen LogP) is 1.48. The molecule has 0 aromatic carbocycles. The number of halogens is 3. The molecule has 15 heavy (non-hydrogen) atoms. The van der Waals surface area contributed by atoms with Crippen LogP contribution in [0.1, 0.15) is 19.3 Å². The van der Waals surface area contributed by atoms with E-state index in [-0.39, 0.29) is 25.0 Å². The van der Waals surface area contributed by atoms with E-state index in [4.69, 9.17) is 0 Å². The van der Waals surface area contributed by atoms with Crippen molar-refractivity contribution in [1.29, 1.82) is 0 Å². The van der Waals surface area contributed by atoms with Crippen molar-refractivity contribution in [3.05, 3.63) is 0 Å². The second-order valence-electron chi connectivity index (χ2n) is 3.59. The van der Waals surface area contributed by atoms with Crippen LogP contribution >= 0.6 is 0 Å². The van der Waals surface area contributed by atoms with Gasteiger partial charge in [0, 0.05) is 12.5 Å². The quantitative estimate of drug-likeness (QED) is 0.720. The van der Waals surface area contributed by atoms with Crippen molar-refractivity contribution in [2.75, 3.05) is 19.8 Å². The van der Waals surface area contributed by atoms with Gasteiger partial charge < -0.3 is 10.1 Å². The first-order valence-corrected chi connectivity index (χ1v) is 4.91. The summed E-state index contributed by atoms with van der Waals surface area (Å²) in [5.74, 6) is -0.00975. The Morgan fingerprint density at radius 3 is 2.53 bits per heavy atom. The van der Waals surface area contributed by atoms with E-state index in [0.717, 1.165) is 19.3 Å². The lowest BCUT2D eigenvalue weighted by molar-refractivity contribution is -0.173. The maximum absolute atomic E-state index is 11.6. The third-order valence-electron chi connectivity index (χ3n) is 2.29. The highest BCUT2D eigenvalue weighted by molar-refractivity contribution is 5.79. The van der Waals surface area contributed by atoms with Gasteiger partial charge in [0.05, 0.1) is 6.61 Å². The molecule has 0 heterocycles. The molecule has 6 heteroatoms. The van der Waals surface area contributed by atoms with Crippen LogP contribution in [-0.2, 0) is 9.53 Å². The van der Waals surface area contributed by atoms with E-state index in [1.54, 1.807) is 0 Å². The Morgan fingerprint density at radius 2 is 2.07 bits per heavy atom. The molecule has 0 aliphatic heterocycles. The Bertz CT molecular complexity index is 214. The summed E-state index contributed by atoms with van der Waals surface area (Å²) in [5.41, 5.74) is 0. The first kappa shape index (κ1) is 12.3. The van der Waals surface area contributed by atoms with E-state index in [0.29, 0.717) is 0 Å². The third kappa shape index (κ3) is 5.01. The minimum Gasteiger partial charge on any atom is -0.370 e. The molecule has 1 saturated carbocycles.